The Balaban J connectivity index is 1.74. The fraction of sp³-hybridized carbons (Fsp3) is 0.588. The number of hydrogen-bond acceptors (Lipinski definition) is 5. The third kappa shape index (κ3) is 3.81. The second-order valence-electron chi connectivity index (χ2n) is 6.00. The van der Waals surface area contributed by atoms with Crippen LogP contribution < -0.4 is 9.80 Å². The molecule has 0 radical (unpaired) electrons. The van der Waals surface area contributed by atoms with E-state index in [1.54, 1.807) is 6.33 Å². The average Bonchev–Trinajstić information content (AvgIpc) is 3.08. The SMILES string of the molecule is CCN(Cc1cnn(CC)c1)c1cc(N2CCCCC2)ncn1. The van der Waals surface area contributed by atoms with E-state index in [0.29, 0.717) is 0 Å². The first-order valence-electron chi connectivity index (χ1n) is 8.63. The predicted molar refractivity (Wildman–Crippen MR) is 92.7 cm³/mol. The molecule has 1 aliphatic heterocycles. The van der Waals surface area contributed by atoms with E-state index in [9.17, 15) is 0 Å². The van der Waals surface area contributed by atoms with E-state index < -0.39 is 0 Å². The maximum atomic E-state index is 4.49. The van der Waals surface area contributed by atoms with Crippen molar-refractivity contribution < 1.29 is 0 Å². The van der Waals surface area contributed by atoms with Gasteiger partial charge in [-0.2, -0.15) is 5.10 Å². The van der Waals surface area contributed by atoms with Gasteiger partial charge in [-0.25, -0.2) is 9.97 Å². The van der Waals surface area contributed by atoms with Crippen LogP contribution in [0.3, 0.4) is 0 Å². The number of hydrogen-bond donors (Lipinski definition) is 0. The molecule has 1 saturated heterocycles. The van der Waals surface area contributed by atoms with Crippen molar-refractivity contribution in [2.45, 2.75) is 46.2 Å². The summed E-state index contributed by atoms with van der Waals surface area (Å²) in [5, 5.41) is 4.36. The molecule has 23 heavy (non-hydrogen) atoms. The maximum absolute atomic E-state index is 4.49. The lowest BCUT2D eigenvalue weighted by atomic mass is 10.1. The van der Waals surface area contributed by atoms with Crippen LogP contribution in [0.1, 0.15) is 38.7 Å². The molecule has 0 aromatic carbocycles. The lowest BCUT2D eigenvalue weighted by Gasteiger charge is -2.29. The van der Waals surface area contributed by atoms with E-state index >= 15 is 0 Å². The maximum Gasteiger partial charge on any atom is 0.134 e. The fourth-order valence-corrected chi connectivity index (χ4v) is 3.04. The second-order valence-corrected chi connectivity index (χ2v) is 6.00. The molecule has 0 spiro atoms. The Bertz CT molecular complexity index is 617. The molecule has 0 N–H and O–H groups in total. The summed E-state index contributed by atoms with van der Waals surface area (Å²) in [5.41, 5.74) is 1.21. The Labute approximate surface area is 138 Å². The molecule has 0 saturated carbocycles. The first kappa shape index (κ1) is 15.8. The summed E-state index contributed by atoms with van der Waals surface area (Å²) in [4.78, 5) is 13.6. The van der Waals surface area contributed by atoms with Crippen molar-refractivity contribution in [1.29, 1.82) is 0 Å². The summed E-state index contributed by atoms with van der Waals surface area (Å²) in [6.07, 6.45) is 9.59. The summed E-state index contributed by atoms with van der Waals surface area (Å²) in [6.45, 7) is 9.10. The fourth-order valence-electron chi connectivity index (χ4n) is 3.04. The Kier molecular flexibility index (Phi) is 5.10. The highest BCUT2D eigenvalue weighted by molar-refractivity contribution is 5.50. The predicted octanol–water partition coefficient (Wildman–Crippen LogP) is 2.71. The number of anilines is 2. The zero-order valence-electron chi connectivity index (χ0n) is 14.1. The van der Waals surface area contributed by atoms with E-state index in [-0.39, 0.29) is 0 Å². The van der Waals surface area contributed by atoms with Crippen LogP contribution in [0.2, 0.25) is 0 Å². The number of aromatic nitrogens is 4. The highest BCUT2D eigenvalue weighted by atomic mass is 15.3. The summed E-state index contributed by atoms with van der Waals surface area (Å²) in [7, 11) is 0. The first-order valence-corrected chi connectivity index (χ1v) is 8.63. The van der Waals surface area contributed by atoms with Gasteiger partial charge in [-0.1, -0.05) is 0 Å². The summed E-state index contributed by atoms with van der Waals surface area (Å²) in [5.74, 6) is 2.05. The van der Waals surface area contributed by atoms with Crippen LogP contribution in [0.5, 0.6) is 0 Å². The van der Waals surface area contributed by atoms with Gasteiger partial charge in [0.25, 0.3) is 0 Å². The number of aryl methyl sites for hydroxylation is 1. The molecule has 1 aliphatic rings. The van der Waals surface area contributed by atoms with Crippen LogP contribution in [0, 0.1) is 0 Å². The molecular weight excluding hydrogens is 288 g/mol. The molecule has 3 heterocycles. The molecule has 1 fully saturated rings. The van der Waals surface area contributed by atoms with Crippen LogP contribution in [0.4, 0.5) is 11.6 Å². The van der Waals surface area contributed by atoms with Crippen LogP contribution in [-0.4, -0.2) is 39.4 Å². The van der Waals surface area contributed by atoms with Gasteiger partial charge in [0.2, 0.25) is 0 Å². The molecule has 6 heteroatoms. The third-order valence-electron chi connectivity index (χ3n) is 4.41. The first-order chi connectivity index (χ1) is 11.3. The van der Waals surface area contributed by atoms with Crippen molar-refractivity contribution in [1.82, 2.24) is 19.7 Å². The van der Waals surface area contributed by atoms with Crippen molar-refractivity contribution in [3.63, 3.8) is 0 Å². The van der Waals surface area contributed by atoms with Gasteiger partial charge in [-0.3, -0.25) is 4.68 Å². The summed E-state index contributed by atoms with van der Waals surface area (Å²) < 4.78 is 1.96. The highest BCUT2D eigenvalue weighted by Gasteiger charge is 2.15. The summed E-state index contributed by atoms with van der Waals surface area (Å²) in [6, 6.07) is 2.12. The Hall–Kier alpha value is -2.11. The number of piperidine rings is 1. The minimum Gasteiger partial charge on any atom is -0.356 e. The van der Waals surface area contributed by atoms with Gasteiger partial charge in [0, 0.05) is 50.6 Å². The van der Waals surface area contributed by atoms with E-state index in [0.717, 1.165) is 44.4 Å². The van der Waals surface area contributed by atoms with Gasteiger partial charge < -0.3 is 9.80 Å². The molecule has 0 aliphatic carbocycles. The highest BCUT2D eigenvalue weighted by Crippen LogP contribution is 2.22. The normalized spacial score (nSPS) is 15.0. The third-order valence-corrected chi connectivity index (χ3v) is 4.41. The van der Waals surface area contributed by atoms with Gasteiger partial charge in [-0.05, 0) is 33.1 Å². The number of rotatable bonds is 6. The van der Waals surface area contributed by atoms with Crippen molar-refractivity contribution in [3.8, 4) is 0 Å². The molecule has 0 atom stereocenters. The monoisotopic (exact) mass is 314 g/mol. The minimum atomic E-state index is 0.826. The topological polar surface area (TPSA) is 50.1 Å². The number of nitrogens with zero attached hydrogens (tertiary/aromatic N) is 6. The molecule has 124 valence electrons. The van der Waals surface area contributed by atoms with E-state index in [1.165, 1.54) is 24.8 Å². The zero-order valence-corrected chi connectivity index (χ0v) is 14.1. The standard InChI is InChI=1S/C17H26N6/c1-3-21(12-15-11-20-23(4-2)13-15)16-10-17(19-14-18-16)22-8-6-5-7-9-22/h10-11,13-14H,3-9,12H2,1-2H3. The molecule has 2 aromatic heterocycles. The Morgan fingerprint density at radius 2 is 1.96 bits per heavy atom. The molecule has 6 nitrogen and oxygen atoms in total. The molecular formula is C17H26N6. The molecule has 3 rings (SSSR count). The van der Waals surface area contributed by atoms with Crippen LogP contribution in [0.15, 0.2) is 24.8 Å². The van der Waals surface area contributed by atoms with Crippen molar-refractivity contribution in [3.05, 3.63) is 30.4 Å². The van der Waals surface area contributed by atoms with E-state index in [4.69, 9.17) is 0 Å². The molecule has 0 amide bonds. The van der Waals surface area contributed by atoms with Gasteiger partial charge >= 0.3 is 0 Å². The Morgan fingerprint density at radius 1 is 1.13 bits per heavy atom. The van der Waals surface area contributed by atoms with Gasteiger partial charge in [-0.15, -0.1) is 0 Å². The van der Waals surface area contributed by atoms with Gasteiger partial charge in [0.05, 0.1) is 6.20 Å². The van der Waals surface area contributed by atoms with Crippen LogP contribution in [-0.2, 0) is 13.1 Å². The van der Waals surface area contributed by atoms with E-state index in [1.807, 2.05) is 10.9 Å². The molecule has 0 bridgehead atoms. The largest absolute Gasteiger partial charge is 0.356 e. The second kappa shape index (κ2) is 7.44. The summed E-state index contributed by atoms with van der Waals surface area (Å²) >= 11 is 0. The van der Waals surface area contributed by atoms with Gasteiger partial charge in [0.1, 0.15) is 18.0 Å². The average molecular weight is 314 g/mol. The van der Waals surface area contributed by atoms with Crippen molar-refractivity contribution in [2.75, 3.05) is 29.4 Å². The van der Waals surface area contributed by atoms with Crippen LogP contribution >= 0.6 is 0 Å². The smallest absolute Gasteiger partial charge is 0.134 e. The minimum absolute atomic E-state index is 0.826. The molecule has 2 aromatic rings. The van der Waals surface area contributed by atoms with Gasteiger partial charge in [0.15, 0.2) is 0 Å². The Morgan fingerprint density at radius 3 is 2.65 bits per heavy atom. The van der Waals surface area contributed by atoms with Crippen molar-refractivity contribution >= 4 is 11.6 Å². The van der Waals surface area contributed by atoms with E-state index in [2.05, 4.69) is 51.0 Å². The molecule has 0 unspecified atom stereocenters. The zero-order chi connectivity index (χ0) is 16.1. The lowest BCUT2D eigenvalue weighted by molar-refractivity contribution is 0.573. The van der Waals surface area contributed by atoms with Crippen LogP contribution in [0.25, 0.3) is 0 Å². The quantitative estimate of drug-likeness (QED) is 0.820. The van der Waals surface area contributed by atoms with Crippen molar-refractivity contribution in [2.24, 2.45) is 0 Å². The lowest BCUT2D eigenvalue weighted by Crippen LogP contribution is -2.31.